The van der Waals surface area contributed by atoms with E-state index in [4.69, 9.17) is 4.74 Å². The molecule has 1 N–H and O–H groups in total. The fourth-order valence-electron chi connectivity index (χ4n) is 3.19. The third-order valence-corrected chi connectivity index (χ3v) is 5.33. The highest BCUT2D eigenvalue weighted by Crippen LogP contribution is 2.26. The lowest BCUT2D eigenvalue weighted by molar-refractivity contribution is 0.0938. The van der Waals surface area contributed by atoms with Crippen LogP contribution < -0.4 is 10.1 Å². The Labute approximate surface area is 151 Å². The Morgan fingerprint density at radius 1 is 1.12 bits per heavy atom. The van der Waals surface area contributed by atoms with E-state index < -0.39 is 0 Å². The zero-order valence-corrected chi connectivity index (χ0v) is 15.7. The Balaban J connectivity index is 1.77. The van der Waals surface area contributed by atoms with Gasteiger partial charge in [-0.05, 0) is 83.4 Å². The predicted octanol–water partition coefficient (Wildman–Crippen LogP) is 4.83. The zero-order chi connectivity index (χ0) is 17.1. The maximum Gasteiger partial charge on any atom is 0.253 e. The zero-order valence-electron chi connectivity index (χ0n) is 14.1. The molecule has 2 aromatic carbocycles. The van der Waals surface area contributed by atoms with E-state index in [9.17, 15) is 4.79 Å². The van der Waals surface area contributed by atoms with Gasteiger partial charge in [-0.1, -0.05) is 18.2 Å². The maximum absolute atomic E-state index is 12.6. The van der Waals surface area contributed by atoms with Gasteiger partial charge in [0.05, 0.1) is 18.7 Å². The molecule has 0 radical (unpaired) electrons. The number of ether oxygens (including phenoxy) is 1. The van der Waals surface area contributed by atoms with Crippen LogP contribution in [0.2, 0.25) is 0 Å². The second kappa shape index (κ2) is 7.39. The van der Waals surface area contributed by atoms with Crippen molar-refractivity contribution in [3.05, 3.63) is 63.1 Å². The number of hydrogen-bond donors (Lipinski definition) is 1. The van der Waals surface area contributed by atoms with Crippen LogP contribution in [0, 0.1) is 0 Å². The molecule has 0 saturated heterocycles. The van der Waals surface area contributed by atoms with Crippen molar-refractivity contribution in [2.45, 2.75) is 38.6 Å². The summed E-state index contributed by atoms with van der Waals surface area (Å²) in [7, 11) is 1.60. The first kappa shape index (κ1) is 17.0. The number of amides is 1. The molecule has 0 heterocycles. The Morgan fingerprint density at radius 2 is 1.88 bits per heavy atom. The van der Waals surface area contributed by atoms with Crippen LogP contribution in [0.5, 0.6) is 5.75 Å². The summed E-state index contributed by atoms with van der Waals surface area (Å²) < 4.78 is 5.97. The fourth-order valence-corrected chi connectivity index (χ4v) is 3.61. The van der Waals surface area contributed by atoms with Gasteiger partial charge in [-0.25, -0.2) is 0 Å². The van der Waals surface area contributed by atoms with Crippen LogP contribution in [-0.2, 0) is 12.8 Å². The number of rotatable bonds is 4. The first-order valence-corrected chi connectivity index (χ1v) is 9.14. The molecule has 24 heavy (non-hydrogen) atoms. The summed E-state index contributed by atoms with van der Waals surface area (Å²) in [5.41, 5.74) is 4.63. The SMILES string of the molecule is COc1ccc(Br)c(C(=O)NC(C)c2ccc3c(c2)CCCC3)c1. The highest BCUT2D eigenvalue weighted by molar-refractivity contribution is 9.10. The Morgan fingerprint density at radius 3 is 2.62 bits per heavy atom. The monoisotopic (exact) mass is 387 g/mol. The second-order valence-electron chi connectivity index (χ2n) is 6.28. The van der Waals surface area contributed by atoms with Crippen molar-refractivity contribution >= 4 is 21.8 Å². The largest absolute Gasteiger partial charge is 0.497 e. The van der Waals surface area contributed by atoms with Gasteiger partial charge in [0.15, 0.2) is 0 Å². The summed E-state index contributed by atoms with van der Waals surface area (Å²) in [5, 5.41) is 3.09. The number of nitrogens with one attached hydrogen (secondary N) is 1. The van der Waals surface area contributed by atoms with Crippen molar-refractivity contribution in [3.63, 3.8) is 0 Å². The van der Waals surface area contributed by atoms with Gasteiger partial charge >= 0.3 is 0 Å². The average Bonchev–Trinajstić information content (AvgIpc) is 2.61. The van der Waals surface area contributed by atoms with Crippen LogP contribution in [0.1, 0.15) is 52.9 Å². The molecule has 4 heteroatoms. The van der Waals surface area contributed by atoms with E-state index in [0.717, 1.165) is 16.5 Å². The van der Waals surface area contributed by atoms with Gasteiger partial charge in [0.25, 0.3) is 5.91 Å². The van der Waals surface area contributed by atoms with E-state index >= 15 is 0 Å². The number of fused-ring (bicyclic) bond motifs is 1. The van der Waals surface area contributed by atoms with E-state index in [2.05, 4.69) is 39.4 Å². The number of carbonyl (C=O) groups excluding carboxylic acids is 1. The van der Waals surface area contributed by atoms with Gasteiger partial charge in [0.2, 0.25) is 0 Å². The van der Waals surface area contributed by atoms with Crippen molar-refractivity contribution in [1.82, 2.24) is 5.32 Å². The normalized spacial score (nSPS) is 14.6. The van der Waals surface area contributed by atoms with Crippen molar-refractivity contribution in [2.24, 2.45) is 0 Å². The first-order valence-electron chi connectivity index (χ1n) is 8.34. The van der Waals surface area contributed by atoms with Crippen LogP contribution in [0.25, 0.3) is 0 Å². The lowest BCUT2D eigenvalue weighted by atomic mass is 9.89. The number of carbonyl (C=O) groups is 1. The lowest BCUT2D eigenvalue weighted by Crippen LogP contribution is -2.27. The predicted molar refractivity (Wildman–Crippen MR) is 99.7 cm³/mol. The summed E-state index contributed by atoms with van der Waals surface area (Å²) in [6.45, 7) is 2.02. The molecule has 0 aromatic heterocycles. The molecule has 1 unspecified atom stereocenters. The minimum Gasteiger partial charge on any atom is -0.497 e. The average molecular weight is 388 g/mol. The Kier molecular flexibility index (Phi) is 5.24. The lowest BCUT2D eigenvalue weighted by Gasteiger charge is -2.20. The molecule has 1 aliphatic carbocycles. The molecule has 1 aliphatic rings. The topological polar surface area (TPSA) is 38.3 Å². The number of halogens is 1. The molecule has 2 aromatic rings. The molecule has 0 aliphatic heterocycles. The first-order chi connectivity index (χ1) is 11.6. The molecular weight excluding hydrogens is 366 g/mol. The fraction of sp³-hybridized carbons (Fsp3) is 0.350. The highest BCUT2D eigenvalue weighted by Gasteiger charge is 2.17. The minimum atomic E-state index is -0.106. The van der Waals surface area contributed by atoms with Gasteiger partial charge in [0.1, 0.15) is 5.75 Å². The van der Waals surface area contributed by atoms with Gasteiger partial charge in [-0.15, -0.1) is 0 Å². The summed E-state index contributed by atoms with van der Waals surface area (Å²) in [5.74, 6) is 0.566. The molecule has 0 bridgehead atoms. The standard InChI is InChI=1S/C20H22BrNO2/c1-13(15-8-7-14-5-3-4-6-16(14)11-15)22-20(23)18-12-17(24-2)9-10-19(18)21/h7-13H,3-6H2,1-2H3,(H,22,23). The summed E-state index contributed by atoms with van der Waals surface area (Å²) in [6, 6.07) is 12.0. The second-order valence-corrected chi connectivity index (χ2v) is 7.13. The quantitative estimate of drug-likeness (QED) is 0.815. The summed E-state index contributed by atoms with van der Waals surface area (Å²) in [4.78, 5) is 12.6. The van der Waals surface area contributed by atoms with Crippen LogP contribution in [0.3, 0.4) is 0 Å². The minimum absolute atomic E-state index is 0.0390. The van der Waals surface area contributed by atoms with Crippen molar-refractivity contribution in [2.75, 3.05) is 7.11 Å². The van der Waals surface area contributed by atoms with Crippen molar-refractivity contribution < 1.29 is 9.53 Å². The van der Waals surface area contributed by atoms with Crippen LogP contribution in [0.4, 0.5) is 0 Å². The van der Waals surface area contributed by atoms with E-state index in [1.807, 2.05) is 19.1 Å². The van der Waals surface area contributed by atoms with Gasteiger partial charge in [-0.3, -0.25) is 4.79 Å². The third kappa shape index (κ3) is 3.64. The van der Waals surface area contributed by atoms with Crippen LogP contribution in [0.15, 0.2) is 40.9 Å². The number of hydrogen-bond acceptors (Lipinski definition) is 2. The molecule has 3 nitrogen and oxygen atoms in total. The van der Waals surface area contributed by atoms with E-state index in [1.54, 1.807) is 13.2 Å². The molecule has 1 atom stereocenters. The summed E-state index contributed by atoms with van der Waals surface area (Å²) >= 11 is 3.44. The summed E-state index contributed by atoms with van der Waals surface area (Å²) in [6.07, 6.45) is 4.86. The van der Waals surface area contributed by atoms with E-state index in [0.29, 0.717) is 11.3 Å². The molecule has 0 saturated carbocycles. The molecule has 0 spiro atoms. The van der Waals surface area contributed by atoms with E-state index in [1.165, 1.54) is 30.4 Å². The molecule has 126 valence electrons. The van der Waals surface area contributed by atoms with Crippen molar-refractivity contribution in [3.8, 4) is 5.75 Å². The smallest absolute Gasteiger partial charge is 0.253 e. The van der Waals surface area contributed by atoms with Gasteiger partial charge in [0, 0.05) is 4.47 Å². The number of benzene rings is 2. The Bertz CT molecular complexity index is 757. The number of aryl methyl sites for hydroxylation is 2. The Hall–Kier alpha value is -1.81. The highest BCUT2D eigenvalue weighted by atomic mass is 79.9. The van der Waals surface area contributed by atoms with Crippen LogP contribution >= 0.6 is 15.9 Å². The maximum atomic E-state index is 12.6. The van der Waals surface area contributed by atoms with Crippen LogP contribution in [-0.4, -0.2) is 13.0 Å². The van der Waals surface area contributed by atoms with E-state index in [-0.39, 0.29) is 11.9 Å². The van der Waals surface area contributed by atoms with Gasteiger partial charge in [-0.2, -0.15) is 0 Å². The van der Waals surface area contributed by atoms with Crippen molar-refractivity contribution in [1.29, 1.82) is 0 Å². The molecule has 1 amide bonds. The molecule has 0 fully saturated rings. The molecule has 3 rings (SSSR count). The third-order valence-electron chi connectivity index (χ3n) is 4.64. The van der Waals surface area contributed by atoms with Gasteiger partial charge < -0.3 is 10.1 Å². The molecular formula is C20H22BrNO2. The number of methoxy groups -OCH3 is 1.